The predicted molar refractivity (Wildman–Crippen MR) is 79.3 cm³/mol. The average Bonchev–Trinajstić information content (AvgIpc) is 2.76. The molecule has 1 amide bonds. The van der Waals surface area contributed by atoms with Gasteiger partial charge in [-0.2, -0.15) is 4.31 Å². The Morgan fingerprint density at radius 3 is 2.38 bits per heavy atom. The van der Waals surface area contributed by atoms with Gasteiger partial charge in [-0.1, -0.05) is 30.4 Å². The van der Waals surface area contributed by atoms with Crippen molar-refractivity contribution < 1.29 is 17.9 Å². The number of cyclic esters (lactones) is 1. The van der Waals surface area contributed by atoms with Crippen LogP contribution in [0.3, 0.4) is 0 Å². The van der Waals surface area contributed by atoms with Gasteiger partial charge in [0, 0.05) is 0 Å². The van der Waals surface area contributed by atoms with Crippen LogP contribution < -0.4 is 0 Å². The SMILES string of the molecule is C=C[C@@H]1[C@@H](C(=C)C)OC(=O)N1S(=O)(=O)c1ccc(C)cc1. The summed E-state index contributed by atoms with van der Waals surface area (Å²) in [6, 6.07) is 5.49. The maximum absolute atomic E-state index is 12.6. The van der Waals surface area contributed by atoms with Crippen LogP contribution in [-0.2, 0) is 14.8 Å². The fraction of sp³-hybridized carbons (Fsp3) is 0.267. The number of aryl methyl sites for hydroxylation is 1. The number of amides is 1. The molecule has 0 aromatic heterocycles. The number of ether oxygens (including phenoxy) is 1. The fourth-order valence-corrected chi connectivity index (χ4v) is 3.63. The van der Waals surface area contributed by atoms with Crippen LogP contribution in [0.25, 0.3) is 0 Å². The van der Waals surface area contributed by atoms with E-state index in [0.717, 1.165) is 9.87 Å². The minimum absolute atomic E-state index is 0.0410. The molecule has 2 atom stereocenters. The van der Waals surface area contributed by atoms with E-state index >= 15 is 0 Å². The first-order valence-electron chi connectivity index (χ1n) is 6.38. The molecule has 1 aliphatic heterocycles. The van der Waals surface area contributed by atoms with Crippen molar-refractivity contribution in [3.63, 3.8) is 0 Å². The molecule has 5 nitrogen and oxygen atoms in total. The number of nitrogens with zero attached hydrogens (tertiary/aromatic N) is 1. The van der Waals surface area contributed by atoms with E-state index < -0.39 is 28.3 Å². The highest BCUT2D eigenvalue weighted by molar-refractivity contribution is 7.89. The lowest BCUT2D eigenvalue weighted by molar-refractivity contribution is 0.148. The molecule has 1 aromatic rings. The number of hydrogen-bond donors (Lipinski definition) is 0. The number of hydrogen-bond acceptors (Lipinski definition) is 4. The summed E-state index contributed by atoms with van der Waals surface area (Å²) in [5.74, 6) is 0. The molecular weight excluding hydrogens is 290 g/mol. The van der Waals surface area contributed by atoms with Crippen molar-refractivity contribution in [1.29, 1.82) is 0 Å². The van der Waals surface area contributed by atoms with Crippen molar-refractivity contribution in [2.24, 2.45) is 0 Å². The number of carbonyl (C=O) groups excluding carboxylic acids is 1. The van der Waals surface area contributed by atoms with E-state index in [0.29, 0.717) is 5.57 Å². The van der Waals surface area contributed by atoms with Crippen LogP contribution >= 0.6 is 0 Å². The Labute approximate surface area is 124 Å². The predicted octanol–water partition coefficient (Wildman–Crippen LogP) is 2.64. The van der Waals surface area contributed by atoms with Crippen LogP contribution in [0.2, 0.25) is 0 Å². The molecule has 0 saturated carbocycles. The van der Waals surface area contributed by atoms with Gasteiger partial charge in [0.25, 0.3) is 10.0 Å². The average molecular weight is 307 g/mol. The zero-order chi connectivity index (χ0) is 15.8. The molecule has 1 aromatic carbocycles. The Hall–Kier alpha value is -2.08. The molecule has 0 aliphatic carbocycles. The zero-order valence-corrected chi connectivity index (χ0v) is 12.8. The van der Waals surface area contributed by atoms with Gasteiger partial charge in [0.15, 0.2) is 0 Å². The molecule has 1 heterocycles. The minimum Gasteiger partial charge on any atom is -0.438 e. The van der Waals surface area contributed by atoms with E-state index in [1.807, 2.05) is 6.92 Å². The van der Waals surface area contributed by atoms with Gasteiger partial charge in [0.1, 0.15) is 12.1 Å². The second kappa shape index (κ2) is 5.37. The van der Waals surface area contributed by atoms with E-state index in [1.165, 1.54) is 18.2 Å². The molecule has 0 spiro atoms. The Morgan fingerprint density at radius 1 is 1.33 bits per heavy atom. The summed E-state index contributed by atoms with van der Waals surface area (Å²) < 4.78 is 31.1. The molecule has 1 aliphatic rings. The van der Waals surface area contributed by atoms with E-state index in [1.54, 1.807) is 19.1 Å². The number of carbonyl (C=O) groups is 1. The highest BCUT2D eigenvalue weighted by Gasteiger charge is 2.47. The highest BCUT2D eigenvalue weighted by Crippen LogP contribution is 2.30. The number of benzene rings is 1. The van der Waals surface area contributed by atoms with Gasteiger partial charge in [-0.25, -0.2) is 13.2 Å². The van der Waals surface area contributed by atoms with Crippen molar-refractivity contribution in [3.8, 4) is 0 Å². The van der Waals surface area contributed by atoms with Crippen molar-refractivity contribution in [2.75, 3.05) is 0 Å². The van der Waals surface area contributed by atoms with Gasteiger partial charge >= 0.3 is 6.09 Å². The summed E-state index contributed by atoms with van der Waals surface area (Å²) in [7, 11) is -3.99. The molecule has 1 saturated heterocycles. The molecule has 0 radical (unpaired) electrons. The Kier molecular flexibility index (Phi) is 3.91. The van der Waals surface area contributed by atoms with E-state index in [9.17, 15) is 13.2 Å². The molecule has 0 unspecified atom stereocenters. The minimum atomic E-state index is -3.99. The topological polar surface area (TPSA) is 63.7 Å². The van der Waals surface area contributed by atoms with Gasteiger partial charge in [0.2, 0.25) is 0 Å². The monoisotopic (exact) mass is 307 g/mol. The van der Waals surface area contributed by atoms with Crippen LogP contribution in [0.5, 0.6) is 0 Å². The fourth-order valence-electron chi connectivity index (χ4n) is 2.17. The number of sulfonamides is 1. The Balaban J connectivity index is 2.48. The summed E-state index contributed by atoms with van der Waals surface area (Å²) in [6.45, 7) is 10.9. The van der Waals surface area contributed by atoms with E-state index in [4.69, 9.17) is 4.74 Å². The third kappa shape index (κ3) is 2.58. The standard InChI is InChI=1S/C15H17NO4S/c1-5-13-14(10(2)3)20-15(17)16(13)21(18,19)12-8-6-11(4)7-9-12/h5-9,13-14H,1-2H2,3-4H3/t13-,14-/m1/s1. The van der Waals surface area contributed by atoms with Gasteiger partial charge in [-0.15, -0.1) is 6.58 Å². The van der Waals surface area contributed by atoms with Crippen molar-refractivity contribution in [3.05, 3.63) is 54.6 Å². The second-order valence-electron chi connectivity index (χ2n) is 4.99. The molecule has 2 rings (SSSR count). The smallest absolute Gasteiger partial charge is 0.425 e. The van der Waals surface area contributed by atoms with Crippen molar-refractivity contribution in [1.82, 2.24) is 4.31 Å². The first kappa shape index (κ1) is 15.3. The summed E-state index contributed by atoms with van der Waals surface area (Å²) >= 11 is 0. The van der Waals surface area contributed by atoms with E-state index in [2.05, 4.69) is 13.2 Å². The lowest BCUT2D eigenvalue weighted by Crippen LogP contribution is -2.40. The first-order chi connectivity index (χ1) is 9.78. The summed E-state index contributed by atoms with van der Waals surface area (Å²) in [5, 5.41) is 0. The molecule has 0 N–H and O–H groups in total. The third-order valence-electron chi connectivity index (χ3n) is 3.29. The van der Waals surface area contributed by atoms with Gasteiger partial charge in [0.05, 0.1) is 4.90 Å². The summed E-state index contributed by atoms with van der Waals surface area (Å²) in [4.78, 5) is 12.0. The van der Waals surface area contributed by atoms with Crippen LogP contribution in [0, 0.1) is 6.92 Å². The lowest BCUT2D eigenvalue weighted by Gasteiger charge is -2.21. The molecule has 0 bridgehead atoms. The number of rotatable bonds is 4. The molecule has 6 heteroatoms. The largest absolute Gasteiger partial charge is 0.438 e. The quantitative estimate of drug-likeness (QED) is 0.802. The lowest BCUT2D eigenvalue weighted by atomic mass is 10.1. The van der Waals surface area contributed by atoms with E-state index in [-0.39, 0.29) is 4.90 Å². The highest BCUT2D eigenvalue weighted by atomic mass is 32.2. The van der Waals surface area contributed by atoms with Crippen molar-refractivity contribution in [2.45, 2.75) is 30.9 Å². The van der Waals surface area contributed by atoms with Crippen LogP contribution in [0.15, 0.2) is 54.0 Å². The van der Waals surface area contributed by atoms with Gasteiger partial charge < -0.3 is 4.74 Å². The molecule has 21 heavy (non-hydrogen) atoms. The normalized spacial score (nSPS) is 22.0. The summed E-state index contributed by atoms with van der Waals surface area (Å²) in [6.07, 6.45) is -0.237. The molecule has 1 fully saturated rings. The molecule has 112 valence electrons. The van der Waals surface area contributed by atoms with Gasteiger partial charge in [-0.3, -0.25) is 0 Å². The summed E-state index contributed by atoms with van der Waals surface area (Å²) in [5.41, 5.74) is 1.49. The second-order valence-corrected chi connectivity index (χ2v) is 6.81. The van der Waals surface area contributed by atoms with Gasteiger partial charge in [-0.05, 0) is 31.6 Å². The first-order valence-corrected chi connectivity index (χ1v) is 7.82. The van der Waals surface area contributed by atoms with Crippen molar-refractivity contribution >= 4 is 16.1 Å². The molecular formula is C15H17NO4S. The maximum Gasteiger partial charge on any atom is 0.425 e. The van der Waals surface area contributed by atoms with Crippen LogP contribution in [0.4, 0.5) is 4.79 Å². The van der Waals surface area contributed by atoms with Crippen LogP contribution in [-0.4, -0.2) is 31.0 Å². The maximum atomic E-state index is 12.6. The van der Waals surface area contributed by atoms with Crippen LogP contribution in [0.1, 0.15) is 12.5 Å². The Morgan fingerprint density at radius 2 is 1.90 bits per heavy atom. The zero-order valence-electron chi connectivity index (χ0n) is 11.9. The Bertz CT molecular complexity index is 691. The third-order valence-corrected chi connectivity index (χ3v) is 5.07.